The number of hydrogen-bond donors (Lipinski definition) is 2. The molecule has 0 fully saturated rings. The first-order chi connectivity index (χ1) is 7.29. The third kappa shape index (κ3) is 2.37. The summed E-state index contributed by atoms with van der Waals surface area (Å²) < 4.78 is 0. The van der Waals surface area contributed by atoms with E-state index in [2.05, 4.69) is 15.2 Å². The van der Waals surface area contributed by atoms with E-state index >= 15 is 0 Å². The fraction of sp³-hybridized carbons (Fsp3) is 0.200. The number of aromatic nitrogens is 3. The number of aliphatic hydroxyl groups is 1. The summed E-state index contributed by atoms with van der Waals surface area (Å²) in [6.45, 7) is 2.04. The van der Waals surface area contributed by atoms with Crippen LogP contribution in [-0.4, -0.2) is 20.3 Å². The third-order valence-corrected chi connectivity index (χ3v) is 2.99. The lowest BCUT2D eigenvalue weighted by atomic mass is 10.1. The highest BCUT2D eigenvalue weighted by molar-refractivity contribution is 7.99. The van der Waals surface area contributed by atoms with Gasteiger partial charge in [-0.1, -0.05) is 17.7 Å². The van der Waals surface area contributed by atoms with Gasteiger partial charge in [0.05, 0.1) is 6.61 Å². The number of nitrogens with zero attached hydrogens (tertiary/aromatic N) is 2. The van der Waals surface area contributed by atoms with E-state index in [1.54, 1.807) is 0 Å². The normalized spacial score (nSPS) is 10.5. The average Bonchev–Trinajstić information content (AvgIpc) is 2.73. The van der Waals surface area contributed by atoms with Gasteiger partial charge in [-0.25, -0.2) is 4.98 Å². The van der Waals surface area contributed by atoms with Crippen LogP contribution in [0.5, 0.6) is 0 Å². The Morgan fingerprint density at radius 1 is 1.47 bits per heavy atom. The first kappa shape index (κ1) is 10.2. The van der Waals surface area contributed by atoms with Crippen molar-refractivity contribution >= 4 is 11.8 Å². The van der Waals surface area contributed by atoms with Gasteiger partial charge in [0, 0.05) is 4.90 Å². The molecule has 1 aromatic carbocycles. The number of hydrogen-bond acceptors (Lipinski definition) is 4. The van der Waals surface area contributed by atoms with Crippen LogP contribution in [0.4, 0.5) is 0 Å². The maximum atomic E-state index is 9.21. The molecular formula is C10H11N3OS. The van der Waals surface area contributed by atoms with Crippen LogP contribution in [0.15, 0.2) is 34.6 Å². The van der Waals surface area contributed by atoms with Crippen LogP contribution in [0.25, 0.3) is 0 Å². The highest BCUT2D eigenvalue weighted by atomic mass is 32.2. The fourth-order valence-electron chi connectivity index (χ4n) is 1.28. The number of H-pyrrole nitrogens is 1. The van der Waals surface area contributed by atoms with Crippen molar-refractivity contribution in [3.8, 4) is 0 Å². The second kappa shape index (κ2) is 4.46. The lowest BCUT2D eigenvalue weighted by Crippen LogP contribution is -1.89. The molecule has 4 nitrogen and oxygen atoms in total. The van der Waals surface area contributed by atoms with E-state index < -0.39 is 0 Å². The molecule has 0 aliphatic rings. The van der Waals surface area contributed by atoms with Crippen LogP contribution in [0.2, 0.25) is 0 Å². The molecule has 0 aliphatic carbocycles. The van der Waals surface area contributed by atoms with Crippen LogP contribution in [0.1, 0.15) is 11.1 Å². The van der Waals surface area contributed by atoms with Crippen LogP contribution in [-0.2, 0) is 6.61 Å². The van der Waals surface area contributed by atoms with Crippen molar-refractivity contribution in [2.45, 2.75) is 23.6 Å². The van der Waals surface area contributed by atoms with Crippen molar-refractivity contribution < 1.29 is 5.11 Å². The zero-order valence-corrected chi connectivity index (χ0v) is 9.08. The Hall–Kier alpha value is -1.33. The van der Waals surface area contributed by atoms with E-state index in [1.807, 2.05) is 25.1 Å². The molecule has 2 rings (SSSR count). The van der Waals surface area contributed by atoms with E-state index in [4.69, 9.17) is 0 Å². The van der Waals surface area contributed by atoms with Crippen molar-refractivity contribution in [3.05, 3.63) is 35.7 Å². The van der Waals surface area contributed by atoms with Crippen molar-refractivity contribution in [3.63, 3.8) is 0 Å². The van der Waals surface area contributed by atoms with E-state index in [9.17, 15) is 5.11 Å². The lowest BCUT2D eigenvalue weighted by molar-refractivity contribution is 0.279. The Morgan fingerprint density at radius 2 is 2.33 bits per heavy atom. The SMILES string of the molecule is Cc1ccc(Sc2ncn[nH]2)c(CO)c1. The van der Waals surface area contributed by atoms with E-state index in [0.717, 1.165) is 21.2 Å². The van der Waals surface area contributed by atoms with Crippen molar-refractivity contribution in [1.29, 1.82) is 0 Å². The van der Waals surface area contributed by atoms with E-state index in [-0.39, 0.29) is 6.61 Å². The molecule has 1 aromatic heterocycles. The Labute approximate surface area is 91.8 Å². The third-order valence-electron chi connectivity index (χ3n) is 1.99. The number of aliphatic hydroxyl groups excluding tert-OH is 1. The highest BCUT2D eigenvalue weighted by Crippen LogP contribution is 2.28. The summed E-state index contributed by atoms with van der Waals surface area (Å²) in [5, 5.41) is 16.5. The molecule has 78 valence electrons. The molecule has 0 saturated heterocycles. The number of rotatable bonds is 3. The molecule has 5 heteroatoms. The summed E-state index contributed by atoms with van der Waals surface area (Å²) in [5.41, 5.74) is 2.05. The van der Waals surface area contributed by atoms with Gasteiger partial charge in [-0.05, 0) is 30.3 Å². The molecule has 0 amide bonds. The highest BCUT2D eigenvalue weighted by Gasteiger charge is 2.05. The molecular weight excluding hydrogens is 210 g/mol. The average molecular weight is 221 g/mol. The first-order valence-electron chi connectivity index (χ1n) is 4.53. The quantitative estimate of drug-likeness (QED) is 0.829. The van der Waals surface area contributed by atoms with Gasteiger partial charge in [0.25, 0.3) is 0 Å². The van der Waals surface area contributed by atoms with Crippen molar-refractivity contribution in [1.82, 2.24) is 15.2 Å². The minimum Gasteiger partial charge on any atom is -0.392 e. The minimum absolute atomic E-state index is 0.0398. The van der Waals surface area contributed by atoms with Crippen LogP contribution in [0.3, 0.4) is 0 Å². The van der Waals surface area contributed by atoms with Gasteiger partial charge in [-0.15, -0.1) is 0 Å². The largest absolute Gasteiger partial charge is 0.392 e. The Bertz CT molecular complexity index is 442. The minimum atomic E-state index is 0.0398. The van der Waals surface area contributed by atoms with Crippen LogP contribution >= 0.6 is 11.8 Å². The van der Waals surface area contributed by atoms with Crippen molar-refractivity contribution in [2.24, 2.45) is 0 Å². The fourth-order valence-corrected chi connectivity index (χ4v) is 2.08. The number of aryl methyl sites for hydroxylation is 1. The molecule has 0 bridgehead atoms. The molecule has 2 aromatic rings. The summed E-state index contributed by atoms with van der Waals surface area (Å²) >= 11 is 1.46. The molecule has 2 N–H and O–H groups in total. The summed E-state index contributed by atoms with van der Waals surface area (Å²) in [5.74, 6) is 0. The number of nitrogens with one attached hydrogen (secondary N) is 1. The number of benzene rings is 1. The van der Waals surface area contributed by atoms with Gasteiger partial charge in [-0.2, -0.15) is 5.10 Å². The van der Waals surface area contributed by atoms with Crippen molar-refractivity contribution in [2.75, 3.05) is 0 Å². The molecule has 0 saturated carbocycles. The van der Waals surface area contributed by atoms with Gasteiger partial charge >= 0.3 is 0 Å². The topological polar surface area (TPSA) is 61.8 Å². The lowest BCUT2D eigenvalue weighted by Gasteiger charge is -2.05. The molecule has 0 unspecified atom stereocenters. The standard InChI is InChI=1S/C10H11N3OS/c1-7-2-3-9(8(4-7)5-14)15-10-11-6-12-13-10/h2-4,6,14H,5H2,1H3,(H,11,12,13). The zero-order chi connectivity index (χ0) is 10.7. The Morgan fingerprint density at radius 3 is 3.00 bits per heavy atom. The predicted molar refractivity (Wildman–Crippen MR) is 57.6 cm³/mol. The first-order valence-corrected chi connectivity index (χ1v) is 5.35. The molecule has 1 heterocycles. The summed E-state index contributed by atoms with van der Waals surface area (Å²) in [6, 6.07) is 5.96. The maximum Gasteiger partial charge on any atom is 0.188 e. The monoisotopic (exact) mass is 221 g/mol. The van der Waals surface area contributed by atoms with E-state index in [0.29, 0.717) is 0 Å². The Kier molecular flexibility index (Phi) is 3.03. The van der Waals surface area contributed by atoms with Gasteiger partial charge < -0.3 is 5.11 Å². The molecule has 0 spiro atoms. The summed E-state index contributed by atoms with van der Waals surface area (Å²) in [6.07, 6.45) is 1.47. The van der Waals surface area contributed by atoms with Crippen LogP contribution < -0.4 is 0 Å². The van der Waals surface area contributed by atoms with Gasteiger partial charge in [0.2, 0.25) is 0 Å². The number of aromatic amines is 1. The predicted octanol–water partition coefficient (Wildman–Crippen LogP) is 1.76. The smallest absolute Gasteiger partial charge is 0.188 e. The zero-order valence-electron chi connectivity index (χ0n) is 8.27. The Balaban J connectivity index is 2.28. The van der Waals surface area contributed by atoms with Gasteiger partial charge in [0.1, 0.15) is 6.33 Å². The molecule has 0 atom stereocenters. The van der Waals surface area contributed by atoms with Gasteiger partial charge in [0.15, 0.2) is 5.16 Å². The maximum absolute atomic E-state index is 9.21. The second-order valence-corrected chi connectivity index (χ2v) is 4.19. The van der Waals surface area contributed by atoms with Crippen LogP contribution in [0, 0.1) is 6.92 Å². The molecule has 15 heavy (non-hydrogen) atoms. The summed E-state index contributed by atoms with van der Waals surface area (Å²) in [4.78, 5) is 5.02. The molecule has 0 radical (unpaired) electrons. The van der Waals surface area contributed by atoms with E-state index in [1.165, 1.54) is 18.1 Å². The van der Waals surface area contributed by atoms with Gasteiger partial charge in [-0.3, -0.25) is 5.10 Å². The molecule has 0 aliphatic heterocycles. The second-order valence-electron chi connectivity index (χ2n) is 3.16. The summed E-state index contributed by atoms with van der Waals surface area (Å²) in [7, 11) is 0.